The number of rotatable bonds is 1. The molecule has 0 aliphatic carbocycles. The summed E-state index contributed by atoms with van der Waals surface area (Å²) in [5, 5.41) is 2.76. The van der Waals surface area contributed by atoms with Crippen molar-refractivity contribution in [2.24, 2.45) is 5.92 Å². The van der Waals surface area contributed by atoms with E-state index in [1.54, 1.807) is 29.2 Å². The van der Waals surface area contributed by atoms with Gasteiger partial charge in [0.05, 0.1) is 0 Å². The van der Waals surface area contributed by atoms with E-state index in [0.29, 0.717) is 25.3 Å². The van der Waals surface area contributed by atoms with Crippen LogP contribution in [0.25, 0.3) is 0 Å². The van der Waals surface area contributed by atoms with Crippen LogP contribution >= 0.6 is 0 Å². The predicted octanol–water partition coefficient (Wildman–Crippen LogP) is 2.64. The van der Waals surface area contributed by atoms with Gasteiger partial charge in [-0.2, -0.15) is 0 Å². The Bertz CT molecular complexity index is 848. The van der Waals surface area contributed by atoms with Crippen LogP contribution in [-0.2, 0) is 6.54 Å². The van der Waals surface area contributed by atoms with Crippen LogP contribution in [0, 0.1) is 11.7 Å². The van der Waals surface area contributed by atoms with Gasteiger partial charge in [-0.3, -0.25) is 4.79 Å². The molecular weight excluding hydrogens is 309 g/mol. The van der Waals surface area contributed by atoms with Crippen LogP contribution in [0.5, 0.6) is 0 Å². The number of nitrogens with zero attached hydrogens (tertiary/aromatic N) is 2. The number of hydrogen-bond acceptors (Lipinski definition) is 2. The molecule has 2 aliphatic rings. The topological polar surface area (TPSA) is 54.3 Å². The third-order valence-electron chi connectivity index (χ3n) is 4.84. The van der Waals surface area contributed by atoms with Crippen LogP contribution < -0.4 is 10.9 Å². The molecule has 2 aromatic rings. The van der Waals surface area contributed by atoms with E-state index in [0.717, 1.165) is 12.1 Å². The zero-order chi connectivity index (χ0) is 16.7. The summed E-state index contributed by atoms with van der Waals surface area (Å²) in [7, 11) is 0. The summed E-state index contributed by atoms with van der Waals surface area (Å²) in [6.07, 6.45) is 0.993. The quantitative estimate of drug-likeness (QED) is 0.875. The molecular formula is C18H18FN3O2. The Labute approximate surface area is 138 Å². The zero-order valence-corrected chi connectivity index (χ0v) is 13.1. The molecule has 1 N–H and O–H groups in total. The Kier molecular flexibility index (Phi) is 3.59. The number of piperidine rings is 1. The van der Waals surface area contributed by atoms with E-state index in [1.807, 2.05) is 10.6 Å². The van der Waals surface area contributed by atoms with Crippen molar-refractivity contribution in [3.8, 4) is 0 Å². The summed E-state index contributed by atoms with van der Waals surface area (Å²) in [5.74, 6) is 0.0656. The standard InChI is InChI=1S/C18H18FN3O2/c19-14-3-1-4-15(8-14)20-18(24)21-9-12-7-13(11-21)16-5-2-6-17(23)22(16)10-12/h1-6,8,12-13H,7,9-11H2,(H,20,24)/t12-,13+/m1/s1. The van der Waals surface area contributed by atoms with Crippen LogP contribution in [0.4, 0.5) is 14.9 Å². The second-order valence-corrected chi connectivity index (χ2v) is 6.54. The van der Waals surface area contributed by atoms with Crippen molar-refractivity contribution in [3.05, 3.63) is 64.3 Å². The fraction of sp³-hybridized carbons (Fsp3) is 0.333. The molecule has 2 bridgehead atoms. The maximum atomic E-state index is 13.3. The Morgan fingerprint density at radius 1 is 1.12 bits per heavy atom. The summed E-state index contributed by atoms with van der Waals surface area (Å²) in [6, 6.07) is 11.0. The first-order valence-electron chi connectivity index (χ1n) is 8.11. The van der Waals surface area contributed by atoms with Crippen LogP contribution in [0.2, 0.25) is 0 Å². The number of likely N-dealkylation sites (tertiary alicyclic amines) is 1. The predicted molar refractivity (Wildman–Crippen MR) is 88.5 cm³/mol. The number of carbonyl (C=O) groups excluding carboxylic acids is 1. The van der Waals surface area contributed by atoms with Gasteiger partial charge in [-0.15, -0.1) is 0 Å². The highest BCUT2D eigenvalue weighted by Crippen LogP contribution is 2.35. The number of halogens is 1. The first kappa shape index (κ1) is 14.9. The molecule has 1 aromatic carbocycles. The lowest BCUT2D eigenvalue weighted by molar-refractivity contribution is 0.139. The lowest BCUT2D eigenvalue weighted by Gasteiger charge is -2.42. The van der Waals surface area contributed by atoms with Crippen LogP contribution in [0.3, 0.4) is 0 Å². The lowest BCUT2D eigenvalue weighted by Crippen LogP contribution is -2.50. The van der Waals surface area contributed by atoms with Gasteiger partial charge in [-0.25, -0.2) is 9.18 Å². The third kappa shape index (κ3) is 2.68. The molecule has 124 valence electrons. The highest BCUT2D eigenvalue weighted by molar-refractivity contribution is 5.89. The normalized spacial score (nSPS) is 22.0. The van der Waals surface area contributed by atoms with Gasteiger partial charge >= 0.3 is 6.03 Å². The van der Waals surface area contributed by atoms with Crippen LogP contribution in [-0.4, -0.2) is 28.6 Å². The largest absolute Gasteiger partial charge is 0.324 e. The number of benzene rings is 1. The molecule has 0 radical (unpaired) electrons. The average molecular weight is 327 g/mol. The summed E-state index contributed by atoms with van der Waals surface area (Å²) in [6.45, 7) is 1.83. The van der Waals surface area contributed by atoms with E-state index in [1.165, 1.54) is 12.1 Å². The second-order valence-electron chi connectivity index (χ2n) is 6.54. The molecule has 0 unspecified atom stereocenters. The Balaban J connectivity index is 1.53. The molecule has 1 saturated heterocycles. The lowest BCUT2D eigenvalue weighted by atomic mass is 9.83. The minimum absolute atomic E-state index is 0.0277. The number of nitrogens with one attached hydrogen (secondary N) is 1. The number of hydrogen-bond donors (Lipinski definition) is 1. The van der Waals surface area contributed by atoms with Crippen molar-refractivity contribution in [1.82, 2.24) is 9.47 Å². The zero-order valence-electron chi connectivity index (χ0n) is 13.1. The van der Waals surface area contributed by atoms with Crippen molar-refractivity contribution in [2.45, 2.75) is 18.9 Å². The van der Waals surface area contributed by atoms with E-state index < -0.39 is 0 Å². The Hall–Kier alpha value is -2.63. The molecule has 0 spiro atoms. The molecule has 2 atom stereocenters. The van der Waals surface area contributed by atoms with Gasteiger partial charge in [-0.05, 0) is 36.6 Å². The van der Waals surface area contributed by atoms with Crippen molar-refractivity contribution in [2.75, 3.05) is 18.4 Å². The summed E-state index contributed by atoms with van der Waals surface area (Å²) in [5.41, 5.74) is 1.48. The molecule has 4 rings (SSSR count). The number of fused-ring (bicyclic) bond motifs is 4. The van der Waals surface area contributed by atoms with Crippen LogP contribution in [0.15, 0.2) is 47.3 Å². The van der Waals surface area contributed by atoms with Crippen LogP contribution in [0.1, 0.15) is 18.0 Å². The first-order valence-corrected chi connectivity index (χ1v) is 8.11. The maximum Gasteiger partial charge on any atom is 0.321 e. The van der Waals surface area contributed by atoms with Gasteiger partial charge in [0, 0.05) is 43.0 Å². The Morgan fingerprint density at radius 2 is 1.96 bits per heavy atom. The molecule has 1 fully saturated rings. The number of urea groups is 1. The van der Waals surface area contributed by atoms with Crippen molar-refractivity contribution in [3.63, 3.8) is 0 Å². The molecule has 6 heteroatoms. The number of carbonyl (C=O) groups is 1. The SMILES string of the molecule is O=C(Nc1cccc(F)c1)N1C[C@H]2C[C@@H](C1)c1cccc(=O)n1C2. The summed E-state index contributed by atoms with van der Waals surface area (Å²) in [4.78, 5) is 26.3. The Morgan fingerprint density at radius 3 is 2.79 bits per heavy atom. The number of anilines is 1. The van der Waals surface area contributed by atoms with Crippen molar-refractivity contribution < 1.29 is 9.18 Å². The van der Waals surface area contributed by atoms with Gasteiger partial charge in [0.2, 0.25) is 0 Å². The van der Waals surface area contributed by atoms with E-state index in [4.69, 9.17) is 0 Å². The molecule has 5 nitrogen and oxygen atoms in total. The third-order valence-corrected chi connectivity index (χ3v) is 4.84. The van der Waals surface area contributed by atoms with Gasteiger partial charge in [0.1, 0.15) is 5.82 Å². The maximum absolute atomic E-state index is 13.3. The fourth-order valence-electron chi connectivity index (χ4n) is 3.83. The molecule has 2 aliphatic heterocycles. The minimum atomic E-state index is -0.378. The monoisotopic (exact) mass is 327 g/mol. The number of aromatic nitrogens is 1. The number of pyridine rings is 1. The van der Waals surface area contributed by atoms with Gasteiger partial charge < -0.3 is 14.8 Å². The van der Waals surface area contributed by atoms with Crippen molar-refractivity contribution >= 4 is 11.7 Å². The summed E-state index contributed by atoms with van der Waals surface area (Å²) < 4.78 is 15.1. The molecule has 24 heavy (non-hydrogen) atoms. The minimum Gasteiger partial charge on any atom is -0.324 e. The smallest absolute Gasteiger partial charge is 0.321 e. The molecule has 1 aromatic heterocycles. The number of amides is 2. The highest BCUT2D eigenvalue weighted by atomic mass is 19.1. The fourth-order valence-corrected chi connectivity index (χ4v) is 3.83. The summed E-state index contributed by atoms with van der Waals surface area (Å²) >= 11 is 0. The molecule has 2 amide bonds. The van der Waals surface area contributed by atoms with Gasteiger partial charge in [0.15, 0.2) is 0 Å². The molecule has 0 saturated carbocycles. The van der Waals surface area contributed by atoms with Crippen molar-refractivity contribution in [1.29, 1.82) is 0 Å². The van der Waals surface area contributed by atoms with E-state index in [-0.39, 0.29) is 29.2 Å². The second kappa shape index (κ2) is 5.78. The highest BCUT2D eigenvalue weighted by Gasteiger charge is 2.36. The molecule has 3 heterocycles. The van der Waals surface area contributed by atoms with Gasteiger partial charge in [0.25, 0.3) is 5.56 Å². The van der Waals surface area contributed by atoms with Gasteiger partial charge in [-0.1, -0.05) is 12.1 Å². The average Bonchev–Trinajstić information content (AvgIpc) is 2.56. The van der Waals surface area contributed by atoms with E-state index >= 15 is 0 Å². The van der Waals surface area contributed by atoms with E-state index in [9.17, 15) is 14.0 Å². The first-order chi connectivity index (χ1) is 11.6. The van der Waals surface area contributed by atoms with E-state index in [2.05, 4.69) is 5.32 Å².